The average molecular weight is 504 g/mol. The van der Waals surface area contributed by atoms with E-state index in [1.165, 1.54) is 0 Å². The zero-order chi connectivity index (χ0) is 26.7. The maximum absolute atomic E-state index is 13.2. The van der Waals surface area contributed by atoms with Crippen molar-refractivity contribution in [3.8, 4) is 0 Å². The number of nitrogens with two attached hydrogens (primary N) is 3. The number of hydrogen-bond donors (Lipinski definition) is 8. The average Bonchev–Trinajstić information content (AvgIpc) is 3.24. The molecule has 0 spiro atoms. The van der Waals surface area contributed by atoms with Crippen molar-refractivity contribution in [3.05, 3.63) is 36.0 Å². The number of unbranched alkanes of at least 4 members (excludes halogenated alkanes) is 1. The molecule has 0 aliphatic rings. The van der Waals surface area contributed by atoms with Crippen LogP contribution in [-0.2, 0) is 30.4 Å². The molecule has 0 aliphatic heterocycles. The summed E-state index contributed by atoms with van der Waals surface area (Å²) in [5, 5.41) is 16.8. The Morgan fingerprint density at radius 1 is 0.972 bits per heavy atom. The van der Waals surface area contributed by atoms with Crippen LogP contribution < -0.4 is 33.2 Å². The minimum absolute atomic E-state index is 0.0527. The van der Waals surface area contributed by atoms with E-state index < -0.39 is 60.7 Å². The third kappa shape index (κ3) is 8.67. The van der Waals surface area contributed by atoms with Crippen LogP contribution in [0.15, 0.2) is 30.5 Å². The number of aliphatic carboxylic acids is 1. The van der Waals surface area contributed by atoms with Gasteiger partial charge in [0.15, 0.2) is 0 Å². The van der Waals surface area contributed by atoms with E-state index in [1.807, 2.05) is 24.3 Å². The number of aromatic amines is 1. The fourth-order valence-electron chi connectivity index (χ4n) is 3.62. The lowest BCUT2D eigenvalue weighted by molar-refractivity contribution is -0.138. The van der Waals surface area contributed by atoms with Crippen LogP contribution in [0.5, 0.6) is 0 Å². The molecule has 1 aromatic heterocycles. The van der Waals surface area contributed by atoms with E-state index in [4.69, 9.17) is 22.3 Å². The first-order valence-corrected chi connectivity index (χ1v) is 11.5. The molecule has 0 saturated heterocycles. The summed E-state index contributed by atoms with van der Waals surface area (Å²) in [4.78, 5) is 63.7. The van der Waals surface area contributed by atoms with Crippen molar-refractivity contribution in [2.45, 2.75) is 50.2 Å². The van der Waals surface area contributed by atoms with Crippen LogP contribution in [0.3, 0.4) is 0 Å². The second-order valence-corrected chi connectivity index (χ2v) is 8.36. The van der Waals surface area contributed by atoms with Gasteiger partial charge in [-0.25, -0.2) is 0 Å². The predicted octanol–water partition coefficient (Wildman–Crippen LogP) is -1.79. The number of nitrogens with one attached hydrogen (secondary N) is 4. The number of rotatable bonds is 15. The van der Waals surface area contributed by atoms with Gasteiger partial charge >= 0.3 is 5.97 Å². The van der Waals surface area contributed by atoms with E-state index in [9.17, 15) is 24.0 Å². The molecule has 36 heavy (non-hydrogen) atoms. The third-order valence-corrected chi connectivity index (χ3v) is 5.49. The lowest BCUT2D eigenvalue weighted by atomic mass is 10.0. The number of carboxylic acid groups (broad SMARTS) is 1. The lowest BCUT2D eigenvalue weighted by Crippen LogP contribution is -2.57. The molecule has 13 heteroatoms. The number of carboxylic acids is 1. The minimum Gasteiger partial charge on any atom is -0.480 e. The van der Waals surface area contributed by atoms with Crippen molar-refractivity contribution >= 4 is 40.5 Å². The quantitative estimate of drug-likeness (QED) is 0.129. The zero-order valence-corrected chi connectivity index (χ0v) is 19.8. The molecule has 196 valence electrons. The fourth-order valence-corrected chi connectivity index (χ4v) is 3.62. The highest BCUT2D eigenvalue weighted by Gasteiger charge is 2.30. The number of amides is 4. The van der Waals surface area contributed by atoms with Crippen molar-refractivity contribution in [1.29, 1.82) is 0 Å². The van der Waals surface area contributed by atoms with Crippen LogP contribution in [-0.4, -0.2) is 70.9 Å². The van der Waals surface area contributed by atoms with Gasteiger partial charge in [0, 0.05) is 23.5 Å². The van der Waals surface area contributed by atoms with Crippen LogP contribution in [0.2, 0.25) is 0 Å². The van der Waals surface area contributed by atoms with Crippen molar-refractivity contribution in [3.63, 3.8) is 0 Å². The Balaban J connectivity index is 2.24. The van der Waals surface area contributed by atoms with Gasteiger partial charge in [-0.1, -0.05) is 24.6 Å². The number of fused-ring (bicyclic) bond motifs is 1. The number of benzene rings is 1. The first kappa shape index (κ1) is 28.3. The molecule has 13 nitrogen and oxygen atoms in total. The van der Waals surface area contributed by atoms with Crippen molar-refractivity contribution in [2.24, 2.45) is 17.2 Å². The molecule has 3 atom stereocenters. The first-order chi connectivity index (χ1) is 17.1. The van der Waals surface area contributed by atoms with Gasteiger partial charge in [0.1, 0.15) is 18.6 Å². The number of hydrogen-bond acceptors (Lipinski definition) is 7. The molecule has 0 saturated carbocycles. The molecule has 3 unspecified atom stereocenters. The summed E-state index contributed by atoms with van der Waals surface area (Å²) < 4.78 is 0. The Labute approximate surface area is 207 Å². The Morgan fingerprint density at radius 2 is 1.67 bits per heavy atom. The van der Waals surface area contributed by atoms with Crippen LogP contribution in [0.4, 0.5) is 0 Å². The normalized spacial score (nSPS) is 13.4. The third-order valence-electron chi connectivity index (χ3n) is 5.49. The van der Waals surface area contributed by atoms with E-state index in [2.05, 4.69) is 20.9 Å². The largest absolute Gasteiger partial charge is 0.480 e. The molecule has 0 fully saturated rings. The standard InChI is InChI=1S/C23H33N7O6/c24-8-4-3-6-15(25)21(34)29-17(9-13-11-27-16-7-2-1-5-14(13)16)23(36)30-18(10-19(26)31)22(35)28-12-20(32)33/h1-2,5,7,11,15,17-18,27H,3-4,6,8-10,12,24-25H2,(H2,26,31)(H,28,35)(H,29,34)(H,30,36)(H,32,33). The van der Waals surface area contributed by atoms with Gasteiger partial charge in [-0.05, 0) is 31.0 Å². The molecule has 4 amide bonds. The van der Waals surface area contributed by atoms with Gasteiger partial charge in [0.05, 0.1) is 12.5 Å². The highest BCUT2D eigenvalue weighted by atomic mass is 16.4. The molecule has 2 aromatic rings. The summed E-state index contributed by atoms with van der Waals surface area (Å²) in [7, 11) is 0. The van der Waals surface area contributed by atoms with Crippen LogP contribution in [0, 0.1) is 0 Å². The zero-order valence-electron chi connectivity index (χ0n) is 19.8. The monoisotopic (exact) mass is 503 g/mol. The number of aromatic nitrogens is 1. The molecule has 11 N–H and O–H groups in total. The maximum Gasteiger partial charge on any atom is 0.322 e. The molecular weight excluding hydrogens is 470 g/mol. The summed E-state index contributed by atoms with van der Waals surface area (Å²) in [5.74, 6) is -4.42. The van der Waals surface area contributed by atoms with Gasteiger partial charge in [-0.15, -0.1) is 0 Å². The Bertz CT molecular complexity index is 1090. The van der Waals surface area contributed by atoms with Crippen LogP contribution >= 0.6 is 0 Å². The Morgan fingerprint density at radius 3 is 2.33 bits per heavy atom. The number of para-hydroxylation sites is 1. The number of primary amides is 1. The fraction of sp³-hybridized carbons (Fsp3) is 0.435. The number of carbonyl (C=O) groups is 5. The summed E-state index contributed by atoms with van der Waals surface area (Å²) in [6.07, 6.45) is 2.89. The molecular formula is C23H33N7O6. The van der Waals surface area contributed by atoms with Gasteiger partial charge in [-0.2, -0.15) is 0 Å². The van der Waals surface area contributed by atoms with E-state index in [1.54, 1.807) is 6.20 Å². The second kappa shape index (κ2) is 13.8. The minimum atomic E-state index is -1.44. The highest BCUT2D eigenvalue weighted by Crippen LogP contribution is 2.19. The predicted molar refractivity (Wildman–Crippen MR) is 131 cm³/mol. The summed E-state index contributed by atoms with van der Waals surface area (Å²) in [6, 6.07) is 3.92. The van der Waals surface area contributed by atoms with E-state index >= 15 is 0 Å². The van der Waals surface area contributed by atoms with E-state index in [-0.39, 0.29) is 6.42 Å². The van der Waals surface area contributed by atoms with Gasteiger partial charge in [0.2, 0.25) is 23.6 Å². The topological polar surface area (TPSA) is 236 Å². The molecule has 0 radical (unpaired) electrons. The molecule has 0 aliphatic carbocycles. The summed E-state index contributed by atoms with van der Waals surface area (Å²) in [6.45, 7) is -0.248. The van der Waals surface area contributed by atoms with Crippen molar-refractivity contribution in [1.82, 2.24) is 20.9 Å². The van der Waals surface area contributed by atoms with Gasteiger partial charge in [0.25, 0.3) is 0 Å². The smallest absolute Gasteiger partial charge is 0.322 e. The lowest BCUT2D eigenvalue weighted by Gasteiger charge is -2.23. The highest BCUT2D eigenvalue weighted by molar-refractivity contribution is 5.96. The Hall–Kier alpha value is -3.97. The van der Waals surface area contributed by atoms with Gasteiger partial charge < -0.3 is 43.2 Å². The summed E-state index contributed by atoms with van der Waals surface area (Å²) >= 11 is 0. The number of H-pyrrole nitrogens is 1. The van der Waals surface area contributed by atoms with Crippen LogP contribution in [0.1, 0.15) is 31.2 Å². The van der Waals surface area contributed by atoms with Crippen molar-refractivity contribution in [2.75, 3.05) is 13.1 Å². The maximum atomic E-state index is 13.2. The molecule has 1 heterocycles. The molecule has 1 aromatic carbocycles. The SMILES string of the molecule is NCCCCC(N)C(=O)NC(Cc1c[nH]c2ccccc12)C(=O)NC(CC(N)=O)C(=O)NCC(=O)O. The van der Waals surface area contributed by atoms with Crippen LogP contribution in [0.25, 0.3) is 10.9 Å². The molecule has 0 bridgehead atoms. The second-order valence-electron chi connectivity index (χ2n) is 8.36. The molecule has 2 rings (SSSR count). The van der Waals surface area contributed by atoms with Crippen molar-refractivity contribution < 1.29 is 29.1 Å². The van der Waals surface area contributed by atoms with E-state index in [0.29, 0.717) is 25.8 Å². The van der Waals surface area contributed by atoms with E-state index in [0.717, 1.165) is 16.5 Å². The number of carbonyl (C=O) groups excluding carboxylic acids is 4. The first-order valence-electron chi connectivity index (χ1n) is 11.5. The van der Waals surface area contributed by atoms with Gasteiger partial charge in [-0.3, -0.25) is 24.0 Å². The summed E-state index contributed by atoms with van der Waals surface area (Å²) in [5.41, 5.74) is 18.2. The Kier molecular flexibility index (Phi) is 10.8.